The number of rotatable bonds is 8. The molecule has 27 heavy (non-hydrogen) atoms. The molecule has 0 aromatic heterocycles. The predicted octanol–water partition coefficient (Wildman–Crippen LogP) is 7.40. The highest BCUT2D eigenvalue weighted by Crippen LogP contribution is 2.38. The van der Waals surface area contributed by atoms with Gasteiger partial charge < -0.3 is 4.74 Å². The van der Waals surface area contributed by atoms with Crippen LogP contribution in [0.2, 0.25) is 0 Å². The second-order valence-electron chi connectivity index (χ2n) is 8.16. The molecule has 1 aliphatic carbocycles. The molecule has 0 N–H and O–H groups in total. The lowest BCUT2D eigenvalue weighted by atomic mass is 9.77. The number of esters is 1. The Hall–Kier alpha value is -1.83. The molecule has 0 spiro atoms. The Labute approximate surface area is 164 Å². The molecule has 3 rings (SSSR count). The Morgan fingerprint density at radius 3 is 2.41 bits per heavy atom. The Morgan fingerprint density at radius 1 is 0.926 bits per heavy atom. The average Bonchev–Trinajstić information content (AvgIpc) is 2.71. The van der Waals surface area contributed by atoms with Gasteiger partial charge in [0.05, 0.1) is 0 Å². The van der Waals surface area contributed by atoms with Crippen molar-refractivity contribution in [3.63, 3.8) is 0 Å². The fourth-order valence-electron chi connectivity index (χ4n) is 4.41. The number of carbonyl (C=O) groups is 1. The summed E-state index contributed by atoms with van der Waals surface area (Å²) in [5.41, 5.74) is 1.48. The molecule has 0 amide bonds. The first-order chi connectivity index (χ1) is 13.2. The zero-order valence-electron chi connectivity index (χ0n) is 17.0. The zero-order chi connectivity index (χ0) is 19.1. The fraction of sp³-hybridized carbons (Fsp3) is 0.560. The van der Waals surface area contributed by atoms with Crippen LogP contribution in [0.4, 0.5) is 0 Å². The standard InChI is InChI=1S/C25H34O2/c1-3-5-6-7-8-19-9-11-20(12-10-19)21-13-14-23-18-24(27-25(26)4-2)16-15-22(23)17-21/h13-20H,3-12H2,1-2H3. The maximum atomic E-state index is 11.5. The summed E-state index contributed by atoms with van der Waals surface area (Å²) in [6, 6.07) is 12.8. The van der Waals surface area contributed by atoms with E-state index in [0.717, 1.165) is 11.3 Å². The van der Waals surface area contributed by atoms with Crippen LogP contribution in [0.1, 0.15) is 89.5 Å². The first-order valence-electron chi connectivity index (χ1n) is 10.9. The number of unbranched alkanes of at least 4 members (excludes halogenated alkanes) is 3. The van der Waals surface area contributed by atoms with Crippen molar-refractivity contribution in [1.29, 1.82) is 0 Å². The van der Waals surface area contributed by atoms with Gasteiger partial charge in [-0.1, -0.05) is 70.2 Å². The third kappa shape index (κ3) is 5.57. The number of hydrogen-bond acceptors (Lipinski definition) is 2. The van der Waals surface area contributed by atoms with Gasteiger partial charge in [0.25, 0.3) is 0 Å². The molecule has 0 unspecified atom stereocenters. The number of hydrogen-bond donors (Lipinski definition) is 0. The summed E-state index contributed by atoms with van der Waals surface area (Å²) in [6.07, 6.45) is 12.8. The van der Waals surface area contributed by atoms with E-state index < -0.39 is 0 Å². The second-order valence-corrected chi connectivity index (χ2v) is 8.16. The van der Waals surface area contributed by atoms with E-state index in [0.29, 0.717) is 18.1 Å². The molecule has 2 aromatic carbocycles. The first kappa shape index (κ1) is 19.9. The third-order valence-electron chi connectivity index (χ3n) is 6.14. The van der Waals surface area contributed by atoms with Gasteiger partial charge in [0.2, 0.25) is 0 Å². The topological polar surface area (TPSA) is 26.3 Å². The Morgan fingerprint density at radius 2 is 1.67 bits per heavy atom. The van der Waals surface area contributed by atoms with Crippen LogP contribution in [0, 0.1) is 5.92 Å². The van der Waals surface area contributed by atoms with Crippen molar-refractivity contribution in [2.24, 2.45) is 5.92 Å². The van der Waals surface area contributed by atoms with Gasteiger partial charge in [-0.3, -0.25) is 4.79 Å². The van der Waals surface area contributed by atoms with Crippen LogP contribution in [-0.4, -0.2) is 5.97 Å². The van der Waals surface area contributed by atoms with Crippen molar-refractivity contribution in [2.45, 2.75) is 84.0 Å². The van der Waals surface area contributed by atoms with Crippen molar-refractivity contribution in [3.05, 3.63) is 42.0 Å². The third-order valence-corrected chi connectivity index (χ3v) is 6.14. The summed E-state index contributed by atoms with van der Waals surface area (Å²) in [4.78, 5) is 11.5. The van der Waals surface area contributed by atoms with Crippen LogP contribution >= 0.6 is 0 Å². The van der Waals surface area contributed by atoms with E-state index in [1.54, 1.807) is 0 Å². The van der Waals surface area contributed by atoms with Gasteiger partial charge in [-0.2, -0.15) is 0 Å². The van der Waals surface area contributed by atoms with Crippen molar-refractivity contribution < 1.29 is 9.53 Å². The van der Waals surface area contributed by atoms with Gasteiger partial charge in [0.1, 0.15) is 5.75 Å². The highest BCUT2D eigenvalue weighted by Gasteiger charge is 2.22. The minimum atomic E-state index is -0.183. The first-order valence-corrected chi connectivity index (χ1v) is 10.9. The molecule has 1 saturated carbocycles. The molecule has 146 valence electrons. The SMILES string of the molecule is CCCCCCC1CCC(c2ccc3cc(OC(=O)CC)ccc3c2)CC1. The van der Waals surface area contributed by atoms with E-state index in [9.17, 15) is 4.79 Å². The summed E-state index contributed by atoms with van der Waals surface area (Å²) in [6.45, 7) is 4.10. The van der Waals surface area contributed by atoms with Crippen molar-refractivity contribution >= 4 is 16.7 Å². The van der Waals surface area contributed by atoms with Crippen LogP contribution < -0.4 is 4.74 Å². The second kappa shape index (κ2) is 9.92. The van der Waals surface area contributed by atoms with Gasteiger partial charge in [-0.25, -0.2) is 0 Å². The molecular weight excluding hydrogens is 332 g/mol. The maximum Gasteiger partial charge on any atom is 0.310 e. The summed E-state index contributed by atoms with van der Waals surface area (Å²) in [5.74, 6) is 2.12. The quantitative estimate of drug-likeness (QED) is 0.276. The Bertz CT molecular complexity index is 741. The van der Waals surface area contributed by atoms with Crippen LogP contribution in [0.5, 0.6) is 5.75 Å². The lowest BCUT2D eigenvalue weighted by Crippen LogP contribution is -2.13. The minimum Gasteiger partial charge on any atom is -0.427 e. The summed E-state index contributed by atoms with van der Waals surface area (Å²) in [5, 5.41) is 2.38. The van der Waals surface area contributed by atoms with Crippen molar-refractivity contribution in [2.75, 3.05) is 0 Å². The maximum absolute atomic E-state index is 11.5. The predicted molar refractivity (Wildman–Crippen MR) is 113 cm³/mol. The van der Waals surface area contributed by atoms with Crippen molar-refractivity contribution in [1.82, 2.24) is 0 Å². The van der Waals surface area contributed by atoms with Crippen LogP contribution in [-0.2, 0) is 4.79 Å². The molecule has 0 radical (unpaired) electrons. The van der Waals surface area contributed by atoms with E-state index in [1.807, 2.05) is 19.1 Å². The lowest BCUT2D eigenvalue weighted by Gasteiger charge is -2.29. The minimum absolute atomic E-state index is 0.183. The number of ether oxygens (including phenoxy) is 1. The van der Waals surface area contributed by atoms with Gasteiger partial charge in [-0.15, -0.1) is 0 Å². The number of benzene rings is 2. The monoisotopic (exact) mass is 366 g/mol. The van der Waals surface area contributed by atoms with E-state index >= 15 is 0 Å². The summed E-state index contributed by atoms with van der Waals surface area (Å²) in [7, 11) is 0. The molecule has 0 saturated heterocycles. The molecule has 0 heterocycles. The summed E-state index contributed by atoms with van der Waals surface area (Å²) < 4.78 is 5.34. The molecule has 2 heteroatoms. The van der Waals surface area contributed by atoms with Crippen LogP contribution in [0.3, 0.4) is 0 Å². The largest absolute Gasteiger partial charge is 0.427 e. The van der Waals surface area contributed by atoms with Gasteiger partial charge in [-0.05, 0) is 66.0 Å². The summed E-state index contributed by atoms with van der Waals surface area (Å²) >= 11 is 0. The lowest BCUT2D eigenvalue weighted by molar-refractivity contribution is -0.134. The van der Waals surface area contributed by atoms with E-state index in [4.69, 9.17) is 4.74 Å². The Kier molecular flexibility index (Phi) is 7.32. The molecule has 2 aromatic rings. The van der Waals surface area contributed by atoms with Crippen LogP contribution in [0.25, 0.3) is 10.8 Å². The highest BCUT2D eigenvalue weighted by molar-refractivity contribution is 5.85. The molecule has 1 aliphatic rings. The average molecular weight is 367 g/mol. The van der Waals surface area contributed by atoms with Gasteiger partial charge in [0.15, 0.2) is 0 Å². The molecule has 1 fully saturated rings. The fourth-order valence-corrected chi connectivity index (χ4v) is 4.41. The number of fused-ring (bicyclic) bond motifs is 1. The highest BCUT2D eigenvalue weighted by atomic mass is 16.5. The molecule has 2 nitrogen and oxygen atoms in total. The van der Waals surface area contributed by atoms with Gasteiger partial charge in [0, 0.05) is 6.42 Å². The molecular formula is C25H34O2. The van der Waals surface area contributed by atoms with Gasteiger partial charge >= 0.3 is 5.97 Å². The van der Waals surface area contributed by atoms with Crippen LogP contribution in [0.15, 0.2) is 36.4 Å². The number of carbonyl (C=O) groups excluding carboxylic acids is 1. The zero-order valence-corrected chi connectivity index (χ0v) is 17.0. The van der Waals surface area contributed by atoms with E-state index in [2.05, 4.69) is 31.2 Å². The Balaban J connectivity index is 1.58. The molecule has 0 aliphatic heterocycles. The van der Waals surface area contributed by atoms with E-state index in [-0.39, 0.29) is 5.97 Å². The normalized spacial score (nSPS) is 19.9. The molecule has 0 bridgehead atoms. The van der Waals surface area contributed by atoms with Crippen molar-refractivity contribution in [3.8, 4) is 5.75 Å². The molecule has 0 atom stereocenters. The van der Waals surface area contributed by atoms with E-state index in [1.165, 1.54) is 68.7 Å². The smallest absolute Gasteiger partial charge is 0.310 e.